The van der Waals surface area contributed by atoms with E-state index in [4.69, 9.17) is 0 Å². The summed E-state index contributed by atoms with van der Waals surface area (Å²) in [5.41, 5.74) is 0.610. The summed E-state index contributed by atoms with van der Waals surface area (Å²) >= 11 is 2.06. The van der Waals surface area contributed by atoms with Crippen LogP contribution < -0.4 is 9.80 Å². The van der Waals surface area contributed by atoms with Crippen LogP contribution in [-0.4, -0.2) is 43.0 Å². The van der Waals surface area contributed by atoms with Crippen molar-refractivity contribution in [1.82, 2.24) is 4.98 Å². The Kier molecular flexibility index (Phi) is 5.25. The van der Waals surface area contributed by atoms with Crippen LogP contribution in [-0.2, 0) is 0 Å². The first-order chi connectivity index (χ1) is 12.3. The molecule has 0 aliphatic carbocycles. The number of thiazole rings is 1. The molecular weight excluding hydrogens is 379 g/mol. The van der Waals surface area contributed by atoms with Gasteiger partial charge < -0.3 is 4.90 Å². The van der Waals surface area contributed by atoms with E-state index >= 15 is 0 Å². The first-order valence-corrected chi connectivity index (χ1v) is 9.39. The summed E-state index contributed by atoms with van der Waals surface area (Å²) in [5.74, 6) is -0.707. The molecule has 10 heteroatoms. The molecule has 0 fully saturated rings. The van der Waals surface area contributed by atoms with Crippen molar-refractivity contribution in [3.8, 4) is 0 Å². The summed E-state index contributed by atoms with van der Waals surface area (Å²) < 4.78 is 14.1. The smallest absolute Gasteiger partial charge is 0.324 e. The number of quaternary nitrogens is 1. The van der Waals surface area contributed by atoms with Crippen LogP contribution >= 0.6 is 22.7 Å². The predicted molar refractivity (Wildman–Crippen MR) is 99.9 cm³/mol. The standard InChI is InChI=1S/C16H15FN4O3S2/c1-19(2)7-8-20(15(22)12-5-6-14(25-12)21(23)24)16-18-11-4-3-10(17)9-13(11)26-16/h3-6,9H,7-8H2,1-2H3/p+1. The van der Waals surface area contributed by atoms with Gasteiger partial charge in [-0.3, -0.25) is 19.8 Å². The Morgan fingerprint density at radius 2 is 2.08 bits per heavy atom. The molecule has 0 bridgehead atoms. The molecule has 1 N–H and O–H groups in total. The van der Waals surface area contributed by atoms with E-state index in [1.165, 1.54) is 40.5 Å². The van der Waals surface area contributed by atoms with Crippen molar-refractivity contribution >= 4 is 48.9 Å². The van der Waals surface area contributed by atoms with Crippen molar-refractivity contribution in [2.45, 2.75) is 0 Å². The number of aromatic nitrogens is 1. The third-order valence-corrected chi connectivity index (χ3v) is 5.70. The Bertz CT molecular complexity index is 969. The maximum Gasteiger partial charge on any atom is 0.324 e. The summed E-state index contributed by atoms with van der Waals surface area (Å²) in [6.07, 6.45) is 0. The van der Waals surface area contributed by atoms with Crippen molar-refractivity contribution in [3.63, 3.8) is 0 Å². The summed E-state index contributed by atoms with van der Waals surface area (Å²) in [4.78, 5) is 30.7. The highest BCUT2D eigenvalue weighted by Crippen LogP contribution is 2.32. The van der Waals surface area contributed by atoms with E-state index in [0.717, 1.165) is 16.2 Å². The number of thiophene rings is 1. The zero-order chi connectivity index (χ0) is 18.8. The molecular formula is C16H16FN4O3S2+. The molecule has 0 spiro atoms. The van der Waals surface area contributed by atoms with Gasteiger partial charge in [-0.25, -0.2) is 9.37 Å². The summed E-state index contributed by atoms with van der Waals surface area (Å²) in [5, 5.41) is 11.2. The van der Waals surface area contributed by atoms with Crippen molar-refractivity contribution in [3.05, 3.63) is 51.1 Å². The normalized spacial score (nSPS) is 11.2. The Balaban J connectivity index is 1.97. The minimum atomic E-state index is -0.518. The molecule has 3 aromatic rings. The van der Waals surface area contributed by atoms with Gasteiger partial charge in [0.05, 0.1) is 47.2 Å². The minimum Gasteiger partial charge on any atom is -0.338 e. The molecule has 0 saturated carbocycles. The summed E-state index contributed by atoms with van der Waals surface area (Å²) in [6, 6.07) is 7.05. The topological polar surface area (TPSA) is 80.8 Å². The van der Waals surface area contributed by atoms with E-state index in [1.807, 2.05) is 14.1 Å². The zero-order valence-electron chi connectivity index (χ0n) is 14.1. The third-order valence-electron chi connectivity index (χ3n) is 3.63. The second-order valence-corrected chi connectivity index (χ2v) is 7.99. The number of anilines is 1. The number of rotatable bonds is 6. The van der Waals surface area contributed by atoms with Crippen LogP contribution in [0.1, 0.15) is 9.67 Å². The Morgan fingerprint density at radius 1 is 1.31 bits per heavy atom. The fraction of sp³-hybridized carbons (Fsp3) is 0.250. The minimum absolute atomic E-state index is 0.0853. The number of halogens is 1. The zero-order valence-corrected chi connectivity index (χ0v) is 15.7. The Labute approximate surface area is 156 Å². The van der Waals surface area contributed by atoms with E-state index in [0.29, 0.717) is 28.4 Å². The van der Waals surface area contributed by atoms with Crippen molar-refractivity contribution in [2.24, 2.45) is 0 Å². The number of amides is 1. The van der Waals surface area contributed by atoms with Gasteiger partial charge in [-0.05, 0) is 24.3 Å². The van der Waals surface area contributed by atoms with Gasteiger partial charge in [-0.15, -0.1) is 0 Å². The van der Waals surface area contributed by atoms with Gasteiger partial charge in [0.25, 0.3) is 5.91 Å². The van der Waals surface area contributed by atoms with Crippen molar-refractivity contribution in [1.29, 1.82) is 0 Å². The van der Waals surface area contributed by atoms with E-state index in [9.17, 15) is 19.3 Å². The van der Waals surface area contributed by atoms with Crippen LogP contribution in [0, 0.1) is 15.9 Å². The maximum atomic E-state index is 13.4. The highest BCUT2D eigenvalue weighted by atomic mass is 32.1. The number of hydrogen-bond acceptors (Lipinski definition) is 6. The van der Waals surface area contributed by atoms with Crippen LogP contribution in [0.5, 0.6) is 0 Å². The number of carbonyl (C=O) groups is 1. The number of benzene rings is 1. The highest BCUT2D eigenvalue weighted by Gasteiger charge is 2.25. The lowest BCUT2D eigenvalue weighted by Gasteiger charge is -2.19. The molecule has 136 valence electrons. The lowest BCUT2D eigenvalue weighted by molar-refractivity contribution is -0.856. The maximum absolute atomic E-state index is 13.4. The largest absolute Gasteiger partial charge is 0.338 e. The molecule has 0 saturated heterocycles. The summed E-state index contributed by atoms with van der Waals surface area (Å²) in [6.45, 7) is 1.07. The molecule has 2 heterocycles. The van der Waals surface area contributed by atoms with Crippen molar-refractivity contribution < 1.29 is 19.0 Å². The molecule has 0 radical (unpaired) electrons. The molecule has 2 aromatic heterocycles. The quantitative estimate of drug-likeness (QED) is 0.513. The molecule has 1 amide bonds. The molecule has 0 unspecified atom stereocenters. The van der Waals surface area contributed by atoms with Gasteiger partial charge in [0.15, 0.2) is 5.13 Å². The number of carbonyl (C=O) groups excluding carboxylic acids is 1. The van der Waals surface area contributed by atoms with Crippen LogP contribution in [0.25, 0.3) is 10.2 Å². The molecule has 0 aliphatic heterocycles. The molecule has 7 nitrogen and oxygen atoms in total. The monoisotopic (exact) mass is 395 g/mol. The molecule has 1 aromatic carbocycles. The van der Waals surface area contributed by atoms with Crippen LogP contribution in [0.2, 0.25) is 0 Å². The third kappa shape index (κ3) is 3.87. The second-order valence-electron chi connectivity index (χ2n) is 5.92. The fourth-order valence-electron chi connectivity index (χ4n) is 2.29. The predicted octanol–water partition coefficient (Wildman–Crippen LogP) is 2.20. The SMILES string of the molecule is C[NH+](C)CCN(C(=O)c1ccc([N+](=O)[O-])s1)c1nc2ccc(F)cc2s1. The van der Waals surface area contributed by atoms with Crippen molar-refractivity contribution in [2.75, 3.05) is 32.1 Å². The van der Waals surface area contributed by atoms with Gasteiger partial charge in [0, 0.05) is 6.07 Å². The van der Waals surface area contributed by atoms with Gasteiger partial charge >= 0.3 is 5.00 Å². The van der Waals surface area contributed by atoms with E-state index in [-0.39, 0.29) is 21.6 Å². The average Bonchev–Trinajstić information content (AvgIpc) is 3.20. The number of nitro groups is 1. The Morgan fingerprint density at radius 3 is 2.73 bits per heavy atom. The average molecular weight is 395 g/mol. The fourth-order valence-corrected chi connectivity index (χ4v) is 4.08. The molecule has 0 aliphatic rings. The van der Waals surface area contributed by atoms with Gasteiger partial charge in [-0.1, -0.05) is 22.7 Å². The molecule has 3 rings (SSSR count). The van der Waals surface area contributed by atoms with E-state index in [1.54, 1.807) is 6.07 Å². The van der Waals surface area contributed by atoms with Crippen LogP contribution in [0.4, 0.5) is 14.5 Å². The molecule has 0 atom stereocenters. The number of hydrogen-bond donors (Lipinski definition) is 1. The number of nitrogens with one attached hydrogen (secondary N) is 1. The number of likely N-dealkylation sites (N-methyl/N-ethyl adjacent to an activating group) is 1. The Hall–Kier alpha value is -2.43. The summed E-state index contributed by atoms with van der Waals surface area (Å²) in [7, 11) is 3.93. The lowest BCUT2D eigenvalue weighted by atomic mass is 10.3. The van der Waals surface area contributed by atoms with Crippen LogP contribution in [0.15, 0.2) is 30.3 Å². The van der Waals surface area contributed by atoms with Gasteiger partial charge in [0.2, 0.25) is 0 Å². The first kappa shape index (κ1) is 18.4. The number of nitrogens with zero attached hydrogens (tertiary/aromatic N) is 3. The van der Waals surface area contributed by atoms with Gasteiger partial charge in [-0.2, -0.15) is 0 Å². The van der Waals surface area contributed by atoms with E-state index < -0.39 is 4.92 Å². The first-order valence-electron chi connectivity index (χ1n) is 7.76. The number of fused-ring (bicyclic) bond motifs is 1. The van der Waals surface area contributed by atoms with Gasteiger partial charge in [0.1, 0.15) is 5.82 Å². The second kappa shape index (κ2) is 7.44. The highest BCUT2D eigenvalue weighted by molar-refractivity contribution is 7.22. The van der Waals surface area contributed by atoms with E-state index in [2.05, 4.69) is 4.98 Å². The van der Waals surface area contributed by atoms with Crippen LogP contribution in [0.3, 0.4) is 0 Å². The lowest BCUT2D eigenvalue weighted by Crippen LogP contribution is -3.06. The molecule has 26 heavy (non-hydrogen) atoms.